The highest BCUT2D eigenvalue weighted by molar-refractivity contribution is 5.58. The van der Waals surface area contributed by atoms with Gasteiger partial charge in [0, 0.05) is 25.5 Å². The number of hydrogen-bond donors (Lipinski definition) is 1. The van der Waals surface area contributed by atoms with Crippen molar-refractivity contribution in [1.82, 2.24) is 24.3 Å². The van der Waals surface area contributed by atoms with E-state index < -0.39 is 12.6 Å². The molecule has 1 unspecified atom stereocenters. The molecule has 26 heavy (non-hydrogen) atoms. The van der Waals surface area contributed by atoms with E-state index in [2.05, 4.69) is 19.9 Å². The molecule has 7 nitrogen and oxygen atoms in total. The van der Waals surface area contributed by atoms with Crippen LogP contribution in [0.25, 0.3) is 17.2 Å². The Morgan fingerprint density at radius 1 is 1.19 bits per heavy atom. The number of alkyl halides is 3. The molecule has 136 valence electrons. The lowest BCUT2D eigenvalue weighted by atomic mass is 10.3. The maximum atomic E-state index is 12.6. The number of imidazole rings is 1. The van der Waals surface area contributed by atoms with Crippen molar-refractivity contribution in [1.29, 1.82) is 0 Å². The second kappa shape index (κ2) is 6.20. The molecule has 10 heteroatoms. The van der Waals surface area contributed by atoms with Crippen LogP contribution in [0.2, 0.25) is 0 Å². The molecule has 4 heterocycles. The summed E-state index contributed by atoms with van der Waals surface area (Å²) >= 11 is 0. The normalized spacial score (nSPS) is 18.0. The summed E-state index contributed by atoms with van der Waals surface area (Å²) in [5, 5.41) is 9.68. The van der Waals surface area contributed by atoms with Crippen molar-refractivity contribution in [2.45, 2.75) is 25.1 Å². The van der Waals surface area contributed by atoms with Gasteiger partial charge in [0.1, 0.15) is 11.5 Å². The van der Waals surface area contributed by atoms with E-state index in [-0.39, 0.29) is 11.8 Å². The molecule has 0 radical (unpaired) electrons. The predicted octanol–water partition coefficient (Wildman–Crippen LogP) is 1.86. The van der Waals surface area contributed by atoms with Gasteiger partial charge in [-0.2, -0.15) is 13.2 Å². The first kappa shape index (κ1) is 16.7. The molecule has 3 aromatic rings. The zero-order chi connectivity index (χ0) is 18.3. The SMILES string of the molecule is OC1CCN(c2ccnc(-c3cnc4cnc(CC(F)(F)F)cn34)n2)C1. The first-order valence-electron chi connectivity index (χ1n) is 8.04. The fourth-order valence-corrected chi connectivity index (χ4v) is 2.99. The molecule has 1 aliphatic rings. The van der Waals surface area contributed by atoms with Gasteiger partial charge in [-0.05, 0) is 12.5 Å². The highest BCUT2D eigenvalue weighted by Crippen LogP contribution is 2.24. The Kier molecular flexibility index (Phi) is 3.98. The van der Waals surface area contributed by atoms with Crippen LogP contribution in [0.15, 0.2) is 30.9 Å². The average Bonchev–Trinajstić information content (AvgIpc) is 3.19. The molecule has 1 N–H and O–H groups in total. The van der Waals surface area contributed by atoms with Crippen LogP contribution < -0.4 is 4.90 Å². The van der Waals surface area contributed by atoms with Gasteiger partial charge in [-0.1, -0.05) is 0 Å². The molecule has 0 saturated carbocycles. The number of aliphatic hydroxyl groups excluding tert-OH is 1. The third-order valence-electron chi connectivity index (χ3n) is 4.19. The molecule has 1 fully saturated rings. The van der Waals surface area contributed by atoms with Crippen LogP contribution in [0, 0.1) is 0 Å². The van der Waals surface area contributed by atoms with E-state index in [1.54, 1.807) is 12.3 Å². The molecule has 1 aliphatic heterocycles. The highest BCUT2D eigenvalue weighted by atomic mass is 19.4. The van der Waals surface area contributed by atoms with E-state index >= 15 is 0 Å². The quantitative estimate of drug-likeness (QED) is 0.764. The Balaban J connectivity index is 1.71. The summed E-state index contributed by atoms with van der Waals surface area (Å²) in [5.74, 6) is 1.01. The van der Waals surface area contributed by atoms with Gasteiger partial charge >= 0.3 is 6.18 Å². The minimum atomic E-state index is -4.34. The van der Waals surface area contributed by atoms with Crippen LogP contribution in [0.5, 0.6) is 0 Å². The lowest BCUT2D eigenvalue weighted by Gasteiger charge is -2.16. The van der Waals surface area contributed by atoms with Gasteiger partial charge in [-0.15, -0.1) is 0 Å². The van der Waals surface area contributed by atoms with E-state index in [9.17, 15) is 18.3 Å². The standard InChI is InChI=1S/C16H15F3N6O/c17-16(18,19)5-10-8-25-12(6-22-14(25)7-21-10)15-20-3-1-13(23-15)24-4-2-11(26)9-24/h1,3,6-8,11,26H,2,4-5,9H2. The minimum absolute atomic E-state index is 0.108. The first-order valence-corrected chi connectivity index (χ1v) is 8.04. The molecule has 1 saturated heterocycles. The summed E-state index contributed by atoms with van der Waals surface area (Å²) < 4.78 is 39.4. The lowest BCUT2D eigenvalue weighted by Crippen LogP contribution is -2.22. The number of anilines is 1. The van der Waals surface area contributed by atoms with Crippen LogP contribution in [-0.4, -0.2) is 54.8 Å². The summed E-state index contributed by atoms with van der Waals surface area (Å²) in [4.78, 5) is 18.6. The molecular weight excluding hydrogens is 349 g/mol. The molecular formula is C16H15F3N6O. The van der Waals surface area contributed by atoms with Crippen LogP contribution in [-0.2, 0) is 6.42 Å². The maximum Gasteiger partial charge on any atom is 0.394 e. The highest BCUT2D eigenvalue weighted by Gasteiger charge is 2.29. The van der Waals surface area contributed by atoms with Crippen molar-refractivity contribution in [3.63, 3.8) is 0 Å². The molecule has 0 amide bonds. The van der Waals surface area contributed by atoms with Gasteiger partial charge in [0.2, 0.25) is 0 Å². The van der Waals surface area contributed by atoms with E-state index in [1.165, 1.54) is 23.0 Å². The molecule has 0 spiro atoms. The van der Waals surface area contributed by atoms with E-state index in [0.29, 0.717) is 42.5 Å². The minimum Gasteiger partial charge on any atom is -0.391 e. The second-order valence-electron chi connectivity index (χ2n) is 6.17. The largest absolute Gasteiger partial charge is 0.394 e. The van der Waals surface area contributed by atoms with Gasteiger partial charge in [-0.25, -0.2) is 15.0 Å². The van der Waals surface area contributed by atoms with Gasteiger partial charge in [-0.3, -0.25) is 9.38 Å². The van der Waals surface area contributed by atoms with Crippen molar-refractivity contribution in [2.75, 3.05) is 18.0 Å². The number of fused-ring (bicyclic) bond motifs is 1. The third kappa shape index (κ3) is 3.32. The van der Waals surface area contributed by atoms with Crippen LogP contribution in [0.1, 0.15) is 12.1 Å². The summed E-state index contributed by atoms with van der Waals surface area (Å²) in [6, 6.07) is 1.74. The monoisotopic (exact) mass is 364 g/mol. The molecule has 0 aliphatic carbocycles. The zero-order valence-corrected chi connectivity index (χ0v) is 13.6. The topological polar surface area (TPSA) is 79.4 Å². The lowest BCUT2D eigenvalue weighted by molar-refractivity contribution is -0.127. The van der Waals surface area contributed by atoms with E-state index in [0.717, 1.165) is 0 Å². The van der Waals surface area contributed by atoms with Crippen LogP contribution in [0.3, 0.4) is 0 Å². The predicted molar refractivity (Wildman–Crippen MR) is 86.6 cm³/mol. The Morgan fingerprint density at radius 3 is 2.77 bits per heavy atom. The molecule has 4 rings (SSSR count). The Hall–Kier alpha value is -2.75. The summed E-state index contributed by atoms with van der Waals surface area (Å²) in [6.07, 6.45) is 0.515. The Bertz CT molecular complexity index is 941. The number of aliphatic hydroxyl groups is 1. The summed E-state index contributed by atoms with van der Waals surface area (Å²) in [6.45, 7) is 1.17. The summed E-state index contributed by atoms with van der Waals surface area (Å²) in [5.41, 5.74) is 0.784. The smallest absolute Gasteiger partial charge is 0.391 e. The van der Waals surface area contributed by atoms with Crippen molar-refractivity contribution in [3.8, 4) is 11.5 Å². The van der Waals surface area contributed by atoms with E-state index in [4.69, 9.17) is 0 Å². The van der Waals surface area contributed by atoms with Crippen molar-refractivity contribution < 1.29 is 18.3 Å². The van der Waals surface area contributed by atoms with Crippen LogP contribution >= 0.6 is 0 Å². The Labute approximate surface area is 146 Å². The number of β-amino-alcohol motifs (C(OH)–C–C–N with tert-alkyl or cyclic N) is 1. The molecule has 1 atom stereocenters. The fraction of sp³-hybridized carbons (Fsp3) is 0.375. The second-order valence-corrected chi connectivity index (χ2v) is 6.17. The first-order chi connectivity index (χ1) is 12.4. The third-order valence-corrected chi connectivity index (χ3v) is 4.19. The van der Waals surface area contributed by atoms with Crippen molar-refractivity contribution in [2.24, 2.45) is 0 Å². The van der Waals surface area contributed by atoms with Crippen molar-refractivity contribution in [3.05, 3.63) is 36.5 Å². The number of rotatable bonds is 3. The van der Waals surface area contributed by atoms with Gasteiger partial charge < -0.3 is 10.0 Å². The molecule has 0 aromatic carbocycles. The van der Waals surface area contributed by atoms with Gasteiger partial charge in [0.15, 0.2) is 11.5 Å². The van der Waals surface area contributed by atoms with Crippen LogP contribution in [0.4, 0.5) is 19.0 Å². The Morgan fingerprint density at radius 2 is 2.04 bits per heavy atom. The number of hydrogen-bond acceptors (Lipinski definition) is 6. The summed E-state index contributed by atoms with van der Waals surface area (Å²) in [7, 11) is 0. The molecule has 0 bridgehead atoms. The van der Waals surface area contributed by atoms with Gasteiger partial charge in [0.05, 0.1) is 30.6 Å². The molecule has 3 aromatic heterocycles. The zero-order valence-electron chi connectivity index (χ0n) is 13.6. The van der Waals surface area contributed by atoms with Crippen molar-refractivity contribution >= 4 is 11.5 Å². The average molecular weight is 364 g/mol. The van der Waals surface area contributed by atoms with Gasteiger partial charge in [0.25, 0.3) is 0 Å². The number of nitrogens with zero attached hydrogens (tertiary/aromatic N) is 6. The number of aromatic nitrogens is 5. The maximum absolute atomic E-state index is 12.6. The fourth-order valence-electron chi connectivity index (χ4n) is 2.99. The number of halogens is 3. The van der Waals surface area contributed by atoms with E-state index in [1.807, 2.05) is 4.90 Å².